The average Bonchev–Trinajstić information content (AvgIpc) is 3.10. The van der Waals surface area contributed by atoms with E-state index in [-0.39, 0.29) is 5.89 Å². The molecule has 2 aromatic carbocycles. The fraction of sp³-hybridized carbons (Fsp3) is 0.263. The Labute approximate surface area is 148 Å². The van der Waals surface area contributed by atoms with Gasteiger partial charge < -0.3 is 9.32 Å². The van der Waals surface area contributed by atoms with E-state index in [0.29, 0.717) is 18.0 Å². The summed E-state index contributed by atoms with van der Waals surface area (Å²) in [6.45, 7) is 1.37. The SMILES string of the molecule is FC(F)(F)c1ccc(-c2nnc(CN3CCCc4ccccc43)o2)cc1. The van der Waals surface area contributed by atoms with Gasteiger partial charge in [-0.3, -0.25) is 0 Å². The van der Waals surface area contributed by atoms with Crippen LogP contribution in [-0.2, 0) is 19.1 Å². The smallest absolute Gasteiger partial charge is 0.416 e. The van der Waals surface area contributed by atoms with E-state index >= 15 is 0 Å². The number of hydrogen-bond donors (Lipinski definition) is 0. The van der Waals surface area contributed by atoms with Crippen LogP contribution in [0, 0.1) is 0 Å². The van der Waals surface area contributed by atoms with Crippen LogP contribution < -0.4 is 4.90 Å². The zero-order valence-corrected chi connectivity index (χ0v) is 13.8. The number of benzene rings is 2. The molecule has 0 unspecified atom stereocenters. The molecule has 0 saturated carbocycles. The highest BCUT2D eigenvalue weighted by Crippen LogP contribution is 2.31. The highest BCUT2D eigenvalue weighted by molar-refractivity contribution is 5.56. The summed E-state index contributed by atoms with van der Waals surface area (Å²) in [5, 5.41) is 8.03. The molecule has 3 aromatic rings. The predicted octanol–water partition coefficient (Wildman–Crippen LogP) is 4.71. The van der Waals surface area contributed by atoms with Gasteiger partial charge >= 0.3 is 6.18 Å². The van der Waals surface area contributed by atoms with Gasteiger partial charge in [0.2, 0.25) is 11.8 Å². The van der Waals surface area contributed by atoms with Crippen molar-refractivity contribution < 1.29 is 17.6 Å². The van der Waals surface area contributed by atoms with Crippen molar-refractivity contribution in [2.75, 3.05) is 11.4 Å². The Kier molecular flexibility index (Phi) is 4.14. The van der Waals surface area contributed by atoms with Crippen molar-refractivity contribution in [3.05, 3.63) is 65.5 Å². The van der Waals surface area contributed by atoms with Gasteiger partial charge in [0.25, 0.3) is 0 Å². The van der Waals surface area contributed by atoms with E-state index in [1.54, 1.807) is 0 Å². The fourth-order valence-corrected chi connectivity index (χ4v) is 3.17. The Morgan fingerprint density at radius 3 is 2.54 bits per heavy atom. The first-order valence-electron chi connectivity index (χ1n) is 8.33. The van der Waals surface area contributed by atoms with Crippen molar-refractivity contribution in [2.24, 2.45) is 0 Å². The normalized spacial score (nSPS) is 14.3. The van der Waals surface area contributed by atoms with E-state index in [0.717, 1.165) is 37.2 Å². The van der Waals surface area contributed by atoms with Gasteiger partial charge in [-0.25, -0.2) is 0 Å². The second-order valence-electron chi connectivity index (χ2n) is 6.23. The highest BCUT2D eigenvalue weighted by atomic mass is 19.4. The third-order valence-electron chi connectivity index (χ3n) is 4.46. The molecule has 0 fully saturated rings. The maximum atomic E-state index is 12.7. The summed E-state index contributed by atoms with van der Waals surface area (Å²) in [4.78, 5) is 2.18. The van der Waals surface area contributed by atoms with Crippen LogP contribution in [0.15, 0.2) is 52.9 Å². The molecule has 7 heteroatoms. The molecule has 0 spiro atoms. The van der Waals surface area contributed by atoms with Crippen LogP contribution in [0.4, 0.5) is 18.9 Å². The number of alkyl halides is 3. The third-order valence-corrected chi connectivity index (χ3v) is 4.46. The van der Waals surface area contributed by atoms with Gasteiger partial charge in [0.15, 0.2) is 0 Å². The van der Waals surface area contributed by atoms with Crippen LogP contribution in [0.2, 0.25) is 0 Å². The number of aryl methyl sites for hydroxylation is 1. The summed E-state index contributed by atoms with van der Waals surface area (Å²) in [5.41, 5.74) is 2.22. The predicted molar refractivity (Wildman–Crippen MR) is 90.5 cm³/mol. The summed E-state index contributed by atoms with van der Waals surface area (Å²) >= 11 is 0. The first-order chi connectivity index (χ1) is 12.5. The molecule has 1 aromatic heterocycles. The van der Waals surface area contributed by atoms with Crippen molar-refractivity contribution in [3.8, 4) is 11.5 Å². The van der Waals surface area contributed by atoms with Crippen LogP contribution in [0.5, 0.6) is 0 Å². The molecule has 0 bridgehead atoms. The van der Waals surface area contributed by atoms with Crippen molar-refractivity contribution in [2.45, 2.75) is 25.6 Å². The molecule has 2 heterocycles. The second kappa shape index (κ2) is 6.48. The summed E-state index contributed by atoms with van der Waals surface area (Å²) in [7, 11) is 0. The van der Waals surface area contributed by atoms with E-state index < -0.39 is 11.7 Å². The number of aromatic nitrogens is 2. The van der Waals surface area contributed by atoms with Gasteiger partial charge in [-0.05, 0) is 48.7 Å². The number of nitrogens with zero attached hydrogens (tertiary/aromatic N) is 3. The van der Waals surface area contributed by atoms with Gasteiger partial charge in [-0.15, -0.1) is 10.2 Å². The fourth-order valence-electron chi connectivity index (χ4n) is 3.17. The zero-order valence-electron chi connectivity index (χ0n) is 13.8. The van der Waals surface area contributed by atoms with Crippen molar-refractivity contribution in [1.82, 2.24) is 10.2 Å². The van der Waals surface area contributed by atoms with Crippen LogP contribution in [0.25, 0.3) is 11.5 Å². The first-order valence-corrected chi connectivity index (χ1v) is 8.33. The van der Waals surface area contributed by atoms with Crippen molar-refractivity contribution >= 4 is 5.69 Å². The number of fused-ring (bicyclic) bond motifs is 1. The van der Waals surface area contributed by atoms with Crippen molar-refractivity contribution in [3.63, 3.8) is 0 Å². The molecule has 134 valence electrons. The Balaban J connectivity index is 1.52. The molecule has 26 heavy (non-hydrogen) atoms. The lowest BCUT2D eigenvalue weighted by atomic mass is 10.0. The van der Waals surface area contributed by atoms with Crippen LogP contribution in [0.3, 0.4) is 0 Å². The van der Waals surface area contributed by atoms with E-state index in [1.165, 1.54) is 17.7 Å². The minimum Gasteiger partial charge on any atom is -0.419 e. The monoisotopic (exact) mass is 359 g/mol. The van der Waals surface area contributed by atoms with Gasteiger partial charge in [-0.1, -0.05) is 18.2 Å². The summed E-state index contributed by atoms with van der Waals surface area (Å²) < 4.78 is 43.6. The maximum absolute atomic E-state index is 12.7. The lowest BCUT2D eigenvalue weighted by Crippen LogP contribution is -2.28. The standard InChI is InChI=1S/C19H16F3N3O/c20-19(21,22)15-9-7-14(8-10-15)18-24-23-17(26-18)12-25-11-3-5-13-4-1-2-6-16(13)25/h1-2,4,6-10H,3,5,11-12H2. The number of hydrogen-bond acceptors (Lipinski definition) is 4. The highest BCUT2D eigenvalue weighted by Gasteiger charge is 2.30. The summed E-state index contributed by atoms with van der Waals surface area (Å²) in [5.74, 6) is 0.663. The van der Waals surface area contributed by atoms with Gasteiger partial charge in [0.05, 0.1) is 12.1 Å². The quantitative estimate of drug-likeness (QED) is 0.679. The van der Waals surface area contributed by atoms with E-state index in [2.05, 4.69) is 27.2 Å². The van der Waals surface area contributed by atoms with Crippen LogP contribution in [0.1, 0.15) is 23.4 Å². The molecule has 0 atom stereocenters. The minimum absolute atomic E-state index is 0.221. The van der Waals surface area contributed by atoms with Crippen LogP contribution >= 0.6 is 0 Å². The van der Waals surface area contributed by atoms with Crippen molar-refractivity contribution in [1.29, 1.82) is 0 Å². The Bertz CT molecular complexity index is 903. The topological polar surface area (TPSA) is 42.2 Å². The Hall–Kier alpha value is -2.83. The Morgan fingerprint density at radius 1 is 1.00 bits per heavy atom. The molecule has 4 nitrogen and oxygen atoms in total. The van der Waals surface area contributed by atoms with E-state index in [4.69, 9.17) is 4.42 Å². The molecule has 0 radical (unpaired) electrons. The van der Waals surface area contributed by atoms with Gasteiger partial charge in [0, 0.05) is 17.8 Å². The molecule has 1 aliphatic heterocycles. The Morgan fingerprint density at radius 2 is 1.77 bits per heavy atom. The molecular weight excluding hydrogens is 343 g/mol. The first kappa shape index (κ1) is 16.6. The van der Waals surface area contributed by atoms with Gasteiger partial charge in [0.1, 0.15) is 0 Å². The molecule has 0 N–H and O–H groups in total. The lowest BCUT2D eigenvalue weighted by molar-refractivity contribution is -0.137. The molecule has 1 aliphatic rings. The largest absolute Gasteiger partial charge is 0.419 e. The van der Waals surface area contributed by atoms with Crippen LogP contribution in [-0.4, -0.2) is 16.7 Å². The molecule has 0 saturated heterocycles. The minimum atomic E-state index is -4.36. The van der Waals surface area contributed by atoms with Gasteiger partial charge in [-0.2, -0.15) is 13.2 Å². The number of para-hydroxylation sites is 1. The molecule has 4 rings (SSSR count). The van der Waals surface area contributed by atoms with E-state index in [1.807, 2.05) is 12.1 Å². The summed E-state index contributed by atoms with van der Waals surface area (Å²) in [6, 6.07) is 12.9. The average molecular weight is 359 g/mol. The maximum Gasteiger partial charge on any atom is 0.416 e. The number of rotatable bonds is 3. The number of halogens is 3. The van der Waals surface area contributed by atoms with E-state index in [9.17, 15) is 13.2 Å². The molecule has 0 amide bonds. The lowest BCUT2D eigenvalue weighted by Gasteiger charge is -2.29. The third kappa shape index (κ3) is 3.29. The summed E-state index contributed by atoms with van der Waals surface area (Å²) in [6.07, 6.45) is -2.26. The second-order valence-corrected chi connectivity index (χ2v) is 6.23. The molecular formula is C19H16F3N3O. The zero-order chi connectivity index (χ0) is 18.1. The molecule has 0 aliphatic carbocycles. The number of anilines is 1.